The number of nitrogens with zero attached hydrogens (tertiary/aromatic N) is 1. The highest BCUT2D eigenvalue weighted by molar-refractivity contribution is 6.11. The van der Waals surface area contributed by atoms with Gasteiger partial charge >= 0.3 is 0 Å². The van der Waals surface area contributed by atoms with Crippen LogP contribution in [0.15, 0.2) is 265 Å². The number of furan rings is 1. The molecule has 1 aliphatic carbocycles. The predicted molar refractivity (Wildman–Crippen MR) is 280 cm³/mol. The van der Waals surface area contributed by atoms with Crippen LogP contribution in [0.2, 0.25) is 0 Å². The van der Waals surface area contributed by atoms with Crippen LogP contribution in [0.1, 0.15) is 22.3 Å². The van der Waals surface area contributed by atoms with Crippen molar-refractivity contribution in [2.24, 2.45) is 0 Å². The van der Waals surface area contributed by atoms with Crippen molar-refractivity contribution in [2.45, 2.75) is 5.41 Å². The molecule has 2 nitrogen and oxygen atoms in total. The Balaban J connectivity index is 1.10. The predicted octanol–water partition coefficient (Wildman–Crippen LogP) is 17.6. The van der Waals surface area contributed by atoms with E-state index in [-0.39, 0.29) is 0 Å². The van der Waals surface area contributed by atoms with E-state index in [9.17, 15) is 0 Å². The summed E-state index contributed by atoms with van der Waals surface area (Å²) in [6, 6.07) is 95.2. The van der Waals surface area contributed by atoms with Crippen LogP contribution < -0.4 is 4.90 Å². The van der Waals surface area contributed by atoms with Gasteiger partial charge in [0.1, 0.15) is 11.2 Å². The Bertz CT molecular complexity index is 3770. The minimum absolute atomic E-state index is 0.524. The van der Waals surface area contributed by atoms with Gasteiger partial charge in [0, 0.05) is 27.6 Å². The largest absolute Gasteiger partial charge is 0.456 e. The highest BCUT2D eigenvalue weighted by Gasteiger charge is 2.47. The van der Waals surface area contributed by atoms with E-state index in [2.05, 4.69) is 260 Å². The standard InChI is InChI=1S/C65H43NO/c1-4-21-44(22-5-1)49-33-18-23-45-24-19-34-53(63(45)49)50-29-11-15-38-59(50)66(48-41-42-62-56(43-48)52-31-13-17-40-61(52)67-62)60-39-16-12-30-51(60)54-35-20-37-58-64(54)55-32-10-14-36-57(55)65(58,46-25-6-2-7-26-46)47-27-8-3-9-28-47/h1-43H. The first-order chi connectivity index (χ1) is 33.3. The third kappa shape index (κ3) is 6.04. The van der Waals surface area contributed by atoms with Crippen LogP contribution in [-0.4, -0.2) is 0 Å². The highest BCUT2D eigenvalue weighted by atomic mass is 16.3. The zero-order valence-electron chi connectivity index (χ0n) is 36.7. The van der Waals surface area contributed by atoms with Crippen molar-refractivity contribution in [3.8, 4) is 44.5 Å². The molecular formula is C65H43NO. The minimum Gasteiger partial charge on any atom is -0.456 e. The molecule has 314 valence electrons. The van der Waals surface area contributed by atoms with Gasteiger partial charge in [0.05, 0.1) is 16.8 Å². The first-order valence-electron chi connectivity index (χ1n) is 23.1. The molecule has 0 spiro atoms. The summed E-state index contributed by atoms with van der Waals surface area (Å²) in [4.78, 5) is 2.48. The summed E-state index contributed by atoms with van der Waals surface area (Å²) in [5.74, 6) is 0. The van der Waals surface area contributed by atoms with E-state index in [1.165, 1.54) is 66.4 Å². The van der Waals surface area contributed by atoms with E-state index in [4.69, 9.17) is 4.42 Å². The van der Waals surface area contributed by atoms with Gasteiger partial charge < -0.3 is 9.32 Å². The number of para-hydroxylation sites is 3. The third-order valence-corrected chi connectivity index (χ3v) is 14.0. The zero-order valence-corrected chi connectivity index (χ0v) is 36.7. The van der Waals surface area contributed by atoms with Gasteiger partial charge in [-0.15, -0.1) is 0 Å². The van der Waals surface area contributed by atoms with Gasteiger partial charge in [-0.3, -0.25) is 0 Å². The quantitative estimate of drug-likeness (QED) is 0.151. The zero-order chi connectivity index (χ0) is 44.3. The molecule has 0 radical (unpaired) electrons. The van der Waals surface area contributed by atoms with E-state index in [0.717, 1.165) is 50.1 Å². The third-order valence-electron chi connectivity index (χ3n) is 14.0. The molecule has 13 rings (SSSR count). The normalized spacial score (nSPS) is 12.6. The summed E-state index contributed by atoms with van der Waals surface area (Å²) in [5.41, 5.74) is 19.0. The van der Waals surface area contributed by atoms with Gasteiger partial charge in [-0.2, -0.15) is 0 Å². The molecule has 1 aliphatic rings. The molecule has 1 aromatic heterocycles. The summed E-state index contributed by atoms with van der Waals surface area (Å²) in [7, 11) is 0. The summed E-state index contributed by atoms with van der Waals surface area (Å²) in [6.07, 6.45) is 0. The minimum atomic E-state index is -0.524. The Kier molecular flexibility index (Phi) is 9.11. The molecule has 0 atom stereocenters. The molecule has 0 saturated carbocycles. The van der Waals surface area contributed by atoms with Crippen LogP contribution in [0.5, 0.6) is 0 Å². The summed E-state index contributed by atoms with van der Waals surface area (Å²) in [6.45, 7) is 0. The second-order valence-electron chi connectivity index (χ2n) is 17.5. The van der Waals surface area contributed by atoms with Crippen LogP contribution in [0.25, 0.3) is 77.2 Å². The molecule has 0 amide bonds. The molecule has 0 saturated heterocycles. The first kappa shape index (κ1) is 38.7. The number of anilines is 3. The van der Waals surface area contributed by atoms with Crippen LogP contribution in [0.4, 0.5) is 17.1 Å². The molecule has 0 fully saturated rings. The molecule has 1 heterocycles. The Morgan fingerprint density at radius 1 is 0.328 bits per heavy atom. The molecule has 0 unspecified atom stereocenters. The molecule has 67 heavy (non-hydrogen) atoms. The number of rotatable bonds is 8. The average Bonchev–Trinajstić information content (AvgIpc) is 3.93. The lowest BCUT2D eigenvalue weighted by atomic mass is 9.67. The van der Waals surface area contributed by atoms with E-state index in [1.54, 1.807) is 0 Å². The van der Waals surface area contributed by atoms with Gasteiger partial charge in [-0.1, -0.05) is 224 Å². The fourth-order valence-corrected chi connectivity index (χ4v) is 11.2. The maximum atomic E-state index is 6.45. The SMILES string of the molecule is c1ccc(-c2cccc3cccc(-c4ccccc4N(c4ccc5oc6ccccc6c5c4)c4ccccc4-c4cccc5c4-c4ccccc4C5(c4ccccc4)c4ccccc4)c23)cc1. The van der Waals surface area contributed by atoms with Gasteiger partial charge in [0.25, 0.3) is 0 Å². The summed E-state index contributed by atoms with van der Waals surface area (Å²) in [5, 5.41) is 4.60. The number of benzene rings is 11. The Labute approximate surface area is 390 Å². The lowest BCUT2D eigenvalue weighted by Gasteiger charge is -2.34. The smallest absolute Gasteiger partial charge is 0.135 e. The lowest BCUT2D eigenvalue weighted by Crippen LogP contribution is -2.28. The van der Waals surface area contributed by atoms with E-state index in [0.29, 0.717) is 0 Å². The van der Waals surface area contributed by atoms with Crippen molar-refractivity contribution in [2.75, 3.05) is 4.90 Å². The van der Waals surface area contributed by atoms with E-state index in [1.807, 2.05) is 6.07 Å². The molecular weight excluding hydrogens is 811 g/mol. The van der Waals surface area contributed by atoms with Crippen LogP contribution in [0, 0.1) is 0 Å². The second-order valence-corrected chi connectivity index (χ2v) is 17.5. The monoisotopic (exact) mass is 853 g/mol. The Morgan fingerprint density at radius 3 is 1.55 bits per heavy atom. The molecule has 11 aromatic carbocycles. The van der Waals surface area contributed by atoms with E-state index < -0.39 is 5.41 Å². The van der Waals surface area contributed by atoms with Gasteiger partial charge in [0.15, 0.2) is 0 Å². The fourth-order valence-electron chi connectivity index (χ4n) is 11.2. The van der Waals surface area contributed by atoms with Crippen molar-refractivity contribution >= 4 is 49.8 Å². The van der Waals surface area contributed by atoms with Crippen molar-refractivity contribution in [1.29, 1.82) is 0 Å². The first-order valence-corrected chi connectivity index (χ1v) is 23.1. The van der Waals surface area contributed by atoms with Crippen molar-refractivity contribution in [3.05, 3.63) is 283 Å². The van der Waals surface area contributed by atoms with E-state index >= 15 is 0 Å². The van der Waals surface area contributed by atoms with Gasteiger partial charge in [-0.05, 0) is 103 Å². The van der Waals surface area contributed by atoms with Crippen LogP contribution in [-0.2, 0) is 5.41 Å². The number of hydrogen-bond acceptors (Lipinski definition) is 2. The summed E-state index contributed by atoms with van der Waals surface area (Å²) < 4.78 is 6.45. The molecule has 12 aromatic rings. The fraction of sp³-hybridized carbons (Fsp3) is 0.0154. The van der Waals surface area contributed by atoms with Crippen LogP contribution in [0.3, 0.4) is 0 Å². The van der Waals surface area contributed by atoms with Gasteiger partial charge in [0.2, 0.25) is 0 Å². The van der Waals surface area contributed by atoms with Crippen molar-refractivity contribution < 1.29 is 4.42 Å². The average molecular weight is 854 g/mol. The lowest BCUT2D eigenvalue weighted by molar-refractivity contribution is 0.669. The highest BCUT2D eigenvalue weighted by Crippen LogP contribution is 2.59. The number of hydrogen-bond donors (Lipinski definition) is 0. The molecule has 2 heteroatoms. The van der Waals surface area contributed by atoms with Gasteiger partial charge in [-0.25, -0.2) is 0 Å². The molecule has 0 aliphatic heterocycles. The number of fused-ring (bicyclic) bond motifs is 7. The summed E-state index contributed by atoms with van der Waals surface area (Å²) >= 11 is 0. The van der Waals surface area contributed by atoms with Crippen molar-refractivity contribution in [3.63, 3.8) is 0 Å². The Morgan fingerprint density at radius 2 is 0.836 bits per heavy atom. The topological polar surface area (TPSA) is 16.4 Å². The second kappa shape index (κ2) is 15.8. The molecule has 0 N–H and O–H groups in total. The molecule has 0 bridgehead atoms. The van der Waals surface area contributed by atoms with Crippen LogP contribution >= 0.6 is 0 Å². The maximum absolute atomic E-state index is 6.45. The van der Waals surface area contributed by atoms with Crippen molar-refractivity contribution in [1.82, 2.24) is 0 Å². The maximum Gasteiger partial charge on any atom is 0.135 e. The Hall–Kier alpha value is -8.72.